The van der Waals surface area contributed by atoms with Gasteiger partial charge in [-0.15, -0.1) is 0 Å². The van der Waals surface area contributed by atoms with Gasteiger partial charge in [0.1, 0.15) is 0 Å². The summed E-state index contributed by atoms with van der Waals surface area (Å²) < 4.78 is 0.999. The Bertz CT molecular complexity index is 671. The smallest absolute Gasteiger partial charge is 0.282 e. The molecule has 1 fully saturated rings. The average molecular weight is 391 g/mol. The third-order valence-corrected chi connectivity index (χ3v) is 4.89. The molecule has 7 heteroatoms. The lowest BCUT2D eigenvalue weighted by Crippen LogP contribution is -3.19. The minimum Gasteiger partial charge on any atom is -0.330 e. The second-order valence-corrected chi connectivity index (χ2v) is 6.83. The molecule has 2 heterocycles. The van der Waals surface area contributed by atoms with Crippen molar-refractivity contribution in [3.8, 4) is 0 Å². The van der Waals surface area contributed by atoms with Crippen molar-refractivity contribution in [3.05, 3.63) is 47.2 Å². The minimum absolute atomic E-state index is 0.0525. The summed E-state index contributed by atoms with van der Waals surface area (Å²) in [5, 5.41) is 2.99. The molecule has 0 bridgehead atoms. The third-order valence-electron chi connectivity index (χ3n) is 4.36. The Morgan fingerprint density at radius 3 is 2.46 bits per heavy atom. The zero-order chi connectivity index (χ0) is 16.9. The Labute approximate surface area is 150 Å². The number of benzene rings is 1. The second kappa shape index (κ2) is 7.72. The number of quaternary nitrogens is 1. The highest BCUT2D eigenvalue weighted by Gasteiger charge is 2.29. The van der Waals surface area contributed by atoms with E-state index < -0.39 is 0 Å². The zero-order valence-corrected chi connectivity index (χ0v) is 15.2. The Morgan fingerprint density at radius 2 is 1.83 bits per heavy atom. The van der Waals surface area contributed by atoms with Crippen LogP contribution in [0.2, 0.25) is 0 Å². The van der Waals surface area contributed by atoms with Crippen LogP contribution in [0, 0.1) is 0 Å². The number of nitrogens with one attached hydrogen (secondary N) is 2. The van der Waals surface area contributed by atoms with Crippen LogP contribution in [0.25, 0.3) is 0 Å². The lowest BCUT2D eigenvalue weighted by molar-refractivity contribution is -0.914. The number of amides is 1. The number of carbonyl (C=O) groups is 1. The molecular weight excluding hydrogens is 370 g/mol. The van der Waals surface area contributed by atoms with E-state index in [1.165, 1.54) is 4.90 Å². The third kappa shape index (κ3) is 4.10. The number of halogens is 1. The van der Waals surface area contributed by atoms with Crippen molar-refractivity contribution in [2.75, 3.05) is 36.4 Å². The van der Waals surface area contributed by atoms with Crippen LogP contribution >= 0.6 is 15.9 Å². The summed E-state index contributed by atoms with van der Waals surface area (Å²) >= 11 is 3.40. The number of hydrogen-bond donors (Lipinski definition) is 2. The maximum absolute atomic E-state index is 12.5. The predicted molar refractivity (Wildman–Crippen MR) is 97.2 cm³/mol. The van der Waals surface area contributed by atoms with E-state index in [0.717, 1.165) is 42.3 Å². The molecule has 1 aromatic carbocycles. The van der Waals surface area contributed by atoms with E-state index >= 15 is 0 Å². The molecule has 1 aliphatic heterocycles. The van der Waals surface area contributed by atoms with Gasteiger partial charge < -0.3 is 15.1 Å². The van der Waals surface area contributed by atoms with E-state index in [4.69, 9.17) is 0 Å². The maximum Gasteiger partial charge on any atom is 0.282 e. The molecule has 126 valence electrons. The average Bonchev–Trinajstić information content (AvgIpc) is 2.64. The van der Waals surface area contributed by atoms with Gasteiger partial charge in [-0.2, -0.15) is 0 Å². The molecule has 2 aromatic rings. The summed E-state index contributed by atoms with van der Waals surface area (Å²) in [4.78, 5) is 24.5. The van der Waals surface area contributed by atoms with Crippen LogP contribution in [0.1, 0.15) is 6.92 Å². The number of carbonyl (C=O) groups excluding carboxylic acids is 1. The molecule has 1 aliphatic rings. The van der Waals surface area contributed by atoms with Crippen LogP contribution in [0.5, 0.6) is 0 Å². The molecule has 0 unspecified atom stereocenters. The topological polar surface area (TPSA) is 62.6 Å². The molecule has 1 atom stereocenters. The van der Waals surface area contributed by atoms with Crippen molar-refractivity contribution in [3.63, 3.8) is 0 Å². The van der Waals surface area contributed by atoms with Crippen LogP contribution < -0.4 is 15.1 Å². The van der Waals surface area contributed by atoms with Crippen LogP contribution in [-0.4, -0.2) is 48.1 Å². The van der Waals surface area contributed by atoms with Crippen molar-refractivity contribution < 1.29 is 9.69 Å². The Kier molecular flexibility index (Phi) is 5.42. The number of aromatic nitrogens is 2. The molecular formula is C17H21BrN5O+. The summed E-state index contributed by atoms with van der Waals surface area (Å²) in [7, 11) is 0. The van der Waals surface area contributed by atoms with Crippen LogP contribution in [-0.2, 0) is 4.79 Å². The fourth-order valence-electron chi connectivity index (χ4n) is 2.85. The fourth-order valence-corrected chi connectivity index (χ4v) is 3.11. The Balaban J connectivity index is 1.53. The summed E-state index contributed by atoms with van der Waals surface area (Å²) in [6.45, 7) is 5.49. The molecule has 24 heavy (non-hydrogen) atoms. The van der Waals surface area contributed by atoms with Gasteiger partial charge in [-0.1, -0.05) is 15.9 Å². The molecule has 1 amide bonds. The molecule has 1 aromatic heterocycles. The Morgan fingerprint density at radius 1 is 1.21 bits per heavy atom. The first-order chi connectivity index (χ1) is 11.6. The van der Waals surface area contributed by atoms with Crippen LogP contribution in [0.15, 0.2) is 47.2 Å². The molecule has 0 aliphatic carbocycles. The van der Waals surface area contributed by atoms with Gasteiger partial charge in [0.05, 0.1) is 26.2 Å². The minimum atomic E-state index is -0.0903. The van der Waals surface area contributed by atoms with Gasteiger partial charge in [-0.3, -0.25) is 4.79 Å². The number of hydrogen-bond acceptors (Lipinski definition) is 4. The highest BCUT2D eigenvalue weighted by atomic mass is 79.9. The molecule has 2 N–H and O–H groups in total. The van der Waals surface area contributed by atoms with E-state index in [1.807, 2.05) is 37.3 Å². The maximum atomic E-state index is 12.5. The molecule has 1 saturated heterocycles. The first-order valence-corrected chi connectivity index (χ1v) is 8.86. The van der Waals surface area contributed by atoms with Crippen LogP contribution in [0.3, 0.4) is 0 Å². The van der Waals surface area contributed by atoms with Gasteiger partial charge in [0.2, 0.25) is 5.95 Å². The van der Waals surface area contributed by atoms with Crippen molar-refractivity contribution in [2.45, 2.75) is 13.0 Å². The van der Waals surface area contributed by atoms with Gasteiger partial charge in [-0.25, -0.2) is 9.97 Å². The van der Waals surface area contributed by atoms with Gasteiger partial charge >= 0.3 is 0 Å². The van der Waals surface area contributed by atoms with Crippen molar-refractivity contribution in [2.24, 2.45) is 0 Å². The number of piperazine rings is 1. The summed E-state index contributed by atoms with van der Waals surface area (Å²) in [5.74, 6) is 0.820. The monoisotopic (exact) mass is 390 g/mol. The fraction of sp³-hybridized carbons (Fsp3) is 0.353. The molecule has 0 radical (unpaired) electrons. The van der Waals surface area contributed by atoms with Gasteiger partial charge in [0.25, 0.3) is 5.91 Å². The van der Waals surface area contributed by atoms with Gasteiger partial charge in [0.15, 0.2) is 6.04 Å². The van der Waals surface area contributed by atoms with E-state index in [9.17, 15) is 4.79 Å². The standard InChI is InChI=1S/C17H20BrN5O/c1-13(16(24)21-15-5-3-14(18)4-6-15)22-9-11-23(12-10-22)17-19-7-2-8-20-17/h2-8,13H,9-12H2,1H3,(H,21,24)/p+1/t13-/m1/s1. The first kappa shape index (κ1) is 16.9. The molecule has 0 saturated carbocycles. The van der Waals surface area contributed by atoms with Crippen molar-refractivity contribution in [1.29, 1.82) is 0 Å². The SMILES string of the molecule is C[C@H](C(=O)Nc1ccc(Br)cc1)[NH+]1CCN(c2ncccn2)CC1. The van der Waals surface area contributed by atoms with E-state index in [0.29, 0.717) is 0 Å². The highest BCUT2D eigenvalue weighted by Crippen LogP contribution is 2.14. The van der Waals surface area contributed by atoms with Crippen molar-refractivity contribution in [1.82, 2.24) is 9.97 Å². The summed E-state index contributed by atoms with van der Waals surface area (Å²) in [6, 6.07) is 9.37. The van der Waals surface area contributed by atoms with Crippen molar-refractivity contribution >= 4 is 33.5 Å². The summed E-state index contributed by atoms with van der Waals surface area (Å²) in [5.41, 5.74) is 0.825. The molecule has 3 rings (SSSR count). The lowest BCUT2D eigenvalue weighted by atomic mass is 10.2. The molecule has 6 nitrogen and oxygen atoms in total. The molecule has 0 spiro atoms. The van der Waals surface area contributed by atoms with Crippen LogP contribution in [0.4, 0.5) is 11.6 Å². The number of rotatable bonds is 4. The van der Waals surface area contributed by atoms with Gasteiger partial charge in [-0.05, 0) is 37.3 Å². The quantitative estimate of drug-likeness (QED) is 0.816. The second-order valence-electron chi connectivity index (χ2n) is 5.91. The summed E-state index contributed by atoms with van der Waals surface area (Å²) in [6.07, 6.45) is 3.52. The van der Waals surface area contributed by atoms with E-state index in [-0.39, 0.29) is 11.9 Å². The Hall–Kier alpha value is -1.99. The number of anilines is 2. The van der Waals surface area contributed by atoms with Gasteiger partial charge in [0, 0.05) is 22.6 Å². The largest absolute Gasteiger partial charge is 0.330 e. The van der Waals surface area contributed by atoms with E-state index in [1.54, 1.807) is 12.4 Å². The van der Waals surface area contributed by atoms with E-state index in [2.05, 4.69) is 36.1 Å². The predicted octanol–water partition coefficient (Wildman–Crippen LogP) is 0.971. The normalized spacial score (nSPS) is 16.7. The highest BCUT2D eigenvalue weighted by molar-refractivity contribution is 9.10. The lowest BCUT2D eigenvalue weighted by Gasteiger charge is -2.34. The zero-order valence-electron chi connectivity index (χ0n) is 13.6. The number of nitrogens with zero attached hydrogens (tertiary/aromatic N) is 3. The first-order valence-electron chi connectivity index (χ1n) is 8.06.